The van der Waals surface area contributed by atoms with Crippen LogP contribution in [0.15, 0.2) is 77.9 Å². The molecule has 0 saturated heterocycles. The van der Waals surface area contributed by atoms with E-state index in [1.807, 2.05) is 31.2 Å². The van der Waals surface area contributed by atoms with E-state index in [9.17, 15) is 4.79 Å². The van der Waals surface area contributed by atoms with Crippen molar-refractivity contribution in [1.82, 2.24) is 25.2 Å². The summed E-state index contributed by atoms with van der Waals surface area (Å²) >= 11 is 0. The van der Waals surface area contributed by atoms with Crippen LogP contribution in [0.3, 0.4) is 0 Å². The van der Waals surface area contributed by atoms with Gasteiger partial charge in [-0.15, -0.1) is 5.10 Å². The number of aryl methyl sites for hydroxylation is 2. The van der Waals surface area contributed by atoms with Crippen LogP contribution in [-0.4, -0.2) is 43.9 Å². The summed E-state index contributed by atoms with van der Waals surface area (Å²) in [5, 5.41) is 18.4. The third-order valence-electron chi connectivity index (χ3n) is 6.18. The Hall–Kier alpha value is -4.33. The highest BCUT2D eigenvalue weighted by Crippen LogP contribution is 2.33. The average molecular weight is 467 g/mol. The van der Waals surface area contributed by atoms with Crippen molar-refractivity contribution in [2.24, 2.45) is 5.10 Å². The van der Waals surface area contributed by atoms with E-state index in [1.54, 1.807) is 12.1 Å². The number of hydrogen-bond donors (Lipinski definition) is 0. The maximum atomic E-state index is 13.6. The van der Waals surface area contributed by atoms with E-state index in [-0.39, 0.29) is 18.5 Å². The summed E-state index contributed by atoms with van der Waals surface area (Å²) in [5.74, 6) is 1.06. The van der Waals surface area contributed by atoms with Crippen molar-refractivity contribution in [2.45, 2.75) is 32.9 Å². The second kappa shape index (κ2) is 9.50. The van der Waals surface area contributed by atoms with Crippen LogP contribution in [0, 0.1) is 13.8 Å². The molecular formula is C27H26N6O2. The van der Waals surface area contributed by atoms with Crippen molar-refractivity contribution in [3.63, 3.8) is 0 Å². The van der Waals surface area contributed by atoms with Crippen LogP contribution in [0.2, 0.25) is 0 Å². The van der Waals surface area contributed by atoms with E-state index in [0.717, 1.165) is 28.2 Å². The van der Waals surface area contributed by atoms with Gasteiger partial charge < -0.3 is 4.74 Å². The second-order valence-corrected chi connectivity index (χ2v) is 8.67. The molecule has 35 heavy (non-hydrogen) atoms. The van der Waals surface area contributed by atoms with Gasteiger partial charge in [-0.25, -0.2) is 9.69 Å². The SMILES string of the molecule is COc1ccc(-c2nnnn2CC(=O)N2N=C(c3ccc(C)cc3)CC2c2ccc(C)cc2)cc1. The Morgan fingerprint density at radius 2 is 1.54 bits per heavy atom. The second-order valence-electron chi connectivity index (χ2n) is 8.67. The predicted molar refractivity (Wildman–Crippen MR) is 133 cm³/mol. The standard InChI is InChI=1S/C27H26N6O2/c1-18-4-8-20(9-5-18)24-16-25(21-10-6-19(2)7-11-21)33(29-24)26(34)17-32-27(28-30-31-32)22-12-14-23(35-3)15-13-22/h4-15,25H,16-17H2,1-3H3. The number of benzene rings is 3. The van der Waals surface area contributed by atoms with Gasteiger partial charge in [-0.1, -0.05) is 59.7 Å². The minimum Gasteiger partial charge on any atom is -0.497 e. The monoisotopic (exact) mass is 466 g/mol. The molecule has 1 aliphatic rings. The number of hydrogen-bond acceptors (Lipinski definition) is 6. The molecule has 0 fully saturated rings. The molecule has 4 aromatic rings. The fourth-order valence-electron chi connectivity index (χ4n) is 4.17. The minimum atomic E-state index is -0.194. The Balaban J connectivity index is 1.44. The molecule has 0 N–H and O–H groups in total. The predicted octanol–water partition coefficient (Wildman–Crippen LogP) is 4.34. The molecule has 0 bridgehead atoms. The van der Waals surface area contributed by atoms with Gasteiger partial charge in [0.2, 0.25) is 0 Å². The number of amides is 1. The zero-order valence-corrected chi connectivity index (χ0v) is 19.9. The summed E-state index contributed by atoms with van der Waals surface area (Å²) in [6.07, 6.45) is 0.638. The molecule has 5 rings (SSSR count). The number of ether oxygens (including phenoxy) is 1. The Kier molecular flexibility index (Phi) is 6.10. The van der Waals surface area contributed by atoms with Gasteiger partial charge in [0.15, 0.2) is 5.82 Å². The molecule has 176 valence electrons. The van der Waals surface area contributed by atoms with Gasteiger partial charge in [0, 0.05) is 12.0 Å². The zero-order chi connectivity index (χ0) is 24.4. The van der Waals surface area contributed by atoms with Crippen molar-refractivity contribution in [3.8, 4) is 17.1 Å². The fourth-order valence-corrected chi connectivity index (χ4v) is 4.17. The number of hydrazone groups is 1. The summed E-state index contributed by atoms with van der Waals surface area (Å²) in [7, 11) is 1.61. The van der Waals surface area contributed by atoms with Crippen LogP contribution < -0.4 is 4.74 Å². The lowest BCUT2D eigenvalue weighted by atomic mass is 9.97. The third kappa shape index (κ3) is 4.68. The van der Waals surface area contributed by atoms with Gasteiger partial charge in [0.25, 0.3) is 5.91 Å². The molecule has 2 heterocycles. The van der Waals surface area contributed by atoms with Crippen LogP contribution in [-0.2, 0) is 11.3 Å². The van der Waals surface area contributed by atoms with Gasteiger partial charge in [-0.2, -0.15) is 5.10 Å². The smallest absolute Gasteiger partial charge is 0.265 e. The highest BCUT2D eigenvalue weighted by atomic mass is 16.5. The lowest BCUT2D eigenvalue weighted by Crippen LogP contribution is -2.31. The summed E-state index contributed by atoms with van der Waals surface area (Å²) in [6.45, 7) is 4.08. The first-order chi connectivity index (χ1) is 17.0. The Morgan fingerprint density at radius 3 is 2.20 bits per heavy atom. The molecule has 1 atom stereocenters. The number of rotatable bonds is 6. The average Bonchev–Trinajstić information content (AvgIpc) is 3.53. The van der Waals surface area contributed by atoms with Crippen molar-refractivity contribution in [3.05, 3.63) is 95.1 Å². The maximum Gasteiger partial charge on any atom is 0.265 e. The van der Waals surface area contributed by atoms with Gasteiger partial charge in [-0.3, -0.25) is 4.79 Å². The molecule has 0 aliphatic carbocycles. The Labute approximate surface area is 203 Å². The number of carbonyl (C=O) groups is 1. The number of aromatic nitrogens is 4. The number of carbonyl (C=O) groups excluding carboxylic acids is 1. The largest absolute Gasteiger partial charge is 0.497 e. The van der Waals surface area contributed by atoms with Gasteiger partial charge in [0.1, 0.15) is 12.3 Å². The summed E-state index contributed by atoms with van der Waals surface area (Å²) < 4.78 is 6.74. The lowest BCUT2D eigenvalue weighted by molar-refractivity contribution is -0.133. The van der Waals surface area contributed by atoms with E-state index in [1.165, 1.54) is 15.8 Å². The van der Waals surface area contributed by atoms with Crippen LogP contribution in [0.4, 0.5) is 0 Å². The van der Waals surface area contributed by atoms with Gasteiger partial charge in [0.05, 0.1) is 18.9 Å². The highest BCUT2D eigenvalue weighted by Gasteiger charge is 2.33. The molecule has 8 nitrogen and oxygen atoms in total. The normalized spacial score (nSPS) is 15.2. The molecular weight excluding hydrogens is 440 g/mol. The molecule has 0 spiro atoms. The Morgan fingerprint density at radius 1 is 0.914 bits per heavy atom. The van der Waals surface area contributed by atoms with Crippen LogP contribution in [0.1, 0.15) is 34.7 Å². The number of methoxy groups -OCH3 is 1. The lowest BCUT2D eigenvalue weighted by Gasteiger charge is -2.22. The maximum absolute atomic E-state index is 13.6. The van der Waals surface area contributed by atoms with Gasteiger partial charge in [-0.05, 0) is 59.7 Å². The first-order valence-electron chi connectivity index (χ1n) is 11.5. The van der Waals surface area contributed by atoms with E-state index in [2.05, 4.69) is 71.0 Å². The first-order valence-corrected chi connectivity index (χ1v) is 11.5. The fraction of sp³-hybridized carbons (Fsp3) is 0.222. The quantitative estimate of drug-likeness (QED) is 0.422. The van der Waals surface area contributed by atoms with Crippen LogP contribution in [0.25, 0.3) is 11.4 Å². The van der Waals surface area contributed by atoms with Crippen LogP contribution >= 0.6 is 0 Å². The van der Waals surface area contributed by atoms with E-state index < -0.39 is 0 Å². The summed E-state index contributed by atoms with van der Waals surface area (Å²) in [4.78, 5) is 13.6. The zero-order valence-electron chi connectivity index (χ0n) is 19.9. The summed E-state index contributed by atoms with van der Waals surface area (Å²) in [5.41, 5.74) is 6.09. The van der Waals surface area contributed by atoms with Crippen LogP contribution in [0.5, 0.6) is 5.75 Å². The third-order valence-corrected chi connectivity index (χ3v) is 6.18. The van der Waals surface area contributed by atoms with Gasteiger partial charge >= 0.3 is 0 Å². The number of tetrazole rings is 1. The Bertz CT molecular complexity index is 1360. The summed E-state index contributed by atoms with van der Waals surface area (Å²) in [6, 6.07) is 23.7. The first kappa shape index (κ1) is 22.5. The topological polar surface area (TPSA) is 85.5 Å². The van der Waals surface area contributed by atoms with Crippen molar-refractivity contribution < 1.29 is 9.53 Å². The molecule has 1 aliphatic heterocycles. The molecule has 0 saturated carbocycles. The van der Waals surface area contributed by atoms with E-state index >= 15 is 0 Å². The highest BCUT2D eigenvalue weighted by molar-refractivity contribution is 6.03. The van der Waals surface area contributed by atoms with Crippen molar-refractivity contribution in [2.75, 3.05) is 7.11 Å². The molecule has 1 amide bonds. The molecule has 1 unspecified atom stereocenters. The molecule has 8 heteroatoms. The molecule has 0 radical (unpaired) electrons. The molecule has 1 aromatic heterocycles. The van der Waals surface area contributed by atoms with Crippen molar-refractivity contribution >= 4 is 11.6 Å². The van der Waals surface area contributed by atoms with E-state index in [0.29, 0.717) is 12.2 Å². The minimum absolute atomic E-state index is 0.0264. The van der Waals surface area contributed by atoms with E-state index in [4.69, 9.17) is 9.84 Å². The number of nitrogens with zero attached hydrogens (tertiary/aromatic N) is 6. The van der Waals surface area contributed by atoms with Crippen molar-refractivity contribution in [1.29, 1.82) is 0 Å². The molecule has 3 aromatic carbocycles.